The van der Waals surface area contributed by atoms with E-state index >= 15 is 4.39 Å². The topological polar surface area (TPSA) is 67.7 Å². The molecule has 3 aromatic rings. The lowest BCUT2D eigenvalue weighted by Crippen LogP contribution is -2.44. The summed E-state index contributed by atoms with van der Waals surface area (Å²) in [5.41, 5.74) is 1.68. The molecule has 210 valence electrons. The van der Waals surface area contributed by atoms with Crippen LogP contribution >= 0.6 is 34.8 Å². The molecule has 0 spiro atoms. The SMILES string of the molecule is CON=C[C@@H](F)[C@H](OCc1ccc(OC)cc1)[C@@H](COCc1ccc(OC)cc1)Oc1cc(Cl)c(Cl)cc1Cl. The summed E-state index contributed by atoms with van der Waals surface area (Å²) in [5, 5.41) is 4.25. The highest BCUT2D eigenvalue weighted by Crippen LogP contribution is 2.35. The number of rotatable bonds is 15. The van der Waals surface area contributed by atoms with Gasteiger partial charge in [-0.25, -0.2) is 4.39 Å². The first-order valence-electron chi connectivity index (χ1n) is 11.8. The molecule has 7 nitrogen and oxygen atoms in total. The molecule has 11 heteroatoms. The standard InChI is InChI=1S/C28H29Cl3FNO6/c1-34-20-8-4-18(5-9-20)15-37-17-27(39-26-13-23(30)22(29)12-24(26)31)28(25(32)14-33-36-3)38-16-19-6-10-21(35-2)11-7-19/h4-14,25,27-28H,15-17H2,1-3H3/t25-,27-,28+/m1/s1. The molecule has 0 aliphatic heterocycles. The monoisotopic (exact) mass is 599 g/mol. The Labute approximate surface area is 242 Å². The van der Waals surface area contributed by atoms with Gasteiger partial charge in [0.2, 0.25) is 0 Å². The molecule has 0 aliphatic rings. The molecular weight excluding hydrogens is 572 g/mol. The molecule has 0 heterocycles. The van der Waals surface area contributed by atoms with E-state index in [2.05, 4.69) is 9.99 Å². The highest BCUT2D eigenvalue weighted by molar-refractivity contribution is 6.43. The molecule has 0 amide bonds. The van der Waals surface area contributed by atoms with Crippen LogP contribution in [0.3, 0.4) is 0 Å². The van der Waals surface area contributed by atoms with Crippen LogP contribution in [0.2, 0.25) is 15.1 Å². The Morgan fingerprint density at radius 1 is 0.795 bits per heavy atom. The first kappa shape index (κ1) is 30.8. The third kappa shape index (κ3) is 9.44. The van der Waals surface area contributed by atoms with E-state index in [-0.39, 0.29) is 40.6 Å². The van der Waals surface area contributed by atoms with Gasteiger partial charge in [-0.05, 0) is 41.5 Å². The van der Waals surface area contributed by atoms with E-state index in [9.17, 15) is 0 Å². The average Bonchev–Trinajstić information content (AvgIpc) is 2.95. The third-order valence-electron chi connectivity index (χ3n) is 5.55. The molecule has 3 atom stereocenters. The van der Waals surface area contributed by atoms with Crippen molar-refractivity contribution in [2.75, 3.05) is 27.9 Å². The number of benzene rings is 3. The molecule has 0 saturated carbocycles. The summed E-state index contributed by atoms with van der Waals surface area (Å²) < 4.78 is 44.0. The number of halogens is 4. The second-order valence-corrected chi connectivity index (χ2v) is 9.44. The summed E-state index contributed by atoms with van der Waals surface area (Å²) >= 11 is 18.6. The maximum absolute atomic E-state index is 15.5. The molecule has 0 fully saturated rings. The molecule has 0 unspecified atom stereocenters. The van der Waals surface area contributed by atoms with Gasteiger partial charge in [0.15, 0.2) is 12.3 Å². The number of alkyl halides is 1. The third-order valence-corrected chi connectivity index (χ3v) is 6.57. The lowest BCUT2D eigenvalue weighted by Gasteiger charge is -2.29. The summed E-state index contributed by atoms with van der Waals surface area (Å²) in [6.07, 6.45) is -2.88. The van der Waals surface area contributed by atoms with Crippen LogP contribution in [0.5, 0.6) is 17.2 Å². The van der Waals surface area contributed by atoms with Crippen molar-refractivity contribution in [2.45, 2.75) is 31.6 Å². The van der Waals surface area contributed by atoms with Gasteiger partial charge in [0.05, 0.1) is 55.3 Å². The fraction of sp³-hybridized carbons (Fsp3) is 0.321. The number of hydrogen-bond acceptors (Lipinski definition) is 7. The Balaban J connectivity index is 1.85. The molecule has 0 saturated heterocycles. The van der Waals surface area contributed by atoms with Gasteiger partial charge in [0.25, 0.3) is 0 Å². The Kier molecular flexibility index (Phi) is 12.4. The minimum atomic E-state index is -1.72. The van der Waals surface area contributed by atoms with Gasteiger partial charge < -0.3 is 28.5 Å². The Morgan fingerprint density at radius 3 is 1.92 bits per heavy atom. The van der Waals surface area contributed by atoms with E-state index in [0.717, 1.165) is 23.1 Å². The molecule has 0 aromatic heterocycles. The Morgan fingerprint density at radius 2 is 1.36 bits per heavy atom. The zero-order valence-electron chi connectivity index (χ0n) is 21.6. The molecule has 39 heavy (non-hydrogen) atoms. The van der Waals surface area contributed by atoms with Gasteiger partial charge in [0, 0.05) is 6.07 Å². The van der Waals surface area contributed by atoms with Crippen molar-refractivity contribution in [2.24, 2.45) is 5.16 Å². The van der Waals surface area contributed by atoms with Crippen molar-refractivity contribution < 1.29 is 32.9 Å². The summed E-state index contributed by atoms with van der Waals surface area (Å²) in [6.45, 7) is 0.244. The van der Waals surface area contributed by atoms with Crippen LogP contribution in [0, 0.1) is 0 Å². The fourth-order valence-electron chi connectivity index (χ4n) is 3.49. The van der Waals surface area contributed by atoms with Crippen LogP contribution in [0.1, 0.15) is 11.1 Å². The number of nitrogens with zero attached hydrogens (tertiary/aromatic N) is 1. The maximum Gasteiger partial charge on any atom is 0.168 e. The number of ether oxygens (including phenoxy) is 5. The van der Waals surface area contributed by atoms with Crippen LogP contribution in [0.25, 0.3) is 0 Å². The first-order chi connectivity index (χ1) is 18.8. The number of oxime groups is 1. The van der Waals surface area contributed by atoms with Crippen LogP contribution < -0.4 is 14.2 Å². The van der Waals surface area contributed by atoms with Gasteiger partial charge in [-0.3, -0.25) is 0 Å². The van der Waals surface area contributed by atoms with E-state index in [1.807, 2.05) is 36.4 Å². The molecule has 0 aliphatic carbocycles. The molecule has 0 N–H and O–H groups in total. The van der Waals surface area contributed by atoms with Crippen LogP contribution in [0.4, 0.5) is 4.39 Å². The lowest BCUT2D eigenvalue weighted by molar-refractivity contribution is -0.0873. The molecule has 3 rings (SSSR count). The summed E-state index contributed by atoms with van der Waals surface area (Å²) in [7, 11) is 4.48. The molecule has 3 aromatic carbocycles. The highest BCUT2D eigenvalue weighted by Gasteiger charge is 2.33. The van der Waals surface area contributed by atoms with E-state index in [1.165, 1.54) is 19.2 Å². The lowest BCUT2D eigenvalue weighted by atomic mass is 10.1. The zero-order chi connectivity index (χ0) is 28.2. The number of methoxy groups -OCH3 is 2. The maximum atomic E-state index is 15.5. The summed E-state index contributed by atoms with van der Waals surface area (Å²) in [5.74, 6) is 1.60. The van der Waals surface area contributed by atoms with Crippen LogP contribution in [-0.2, 0) is 27.5 Å². The molecule has 0 bridgehead atoms. The van der Waals surface area contributed by atoms with Gasteiger partial charge in [-0.1, -0.05) is 64.2 Å². The van der Waals surface area contributed by atoms with Crippen molar-refractivity contribution in [3.63, 3.8) is 0 Å². The van der Waals surface area contributed by atoms with E-state index in [4.69, 9.17) is 58.5 Å². The Bertz CT molecular complexity index is 1200. The highest BCUT2D eigenvalue weighted by atomic mass is 35.5. The normalized spacial score (nSPS) is 13.6. The van der Waals surface area contributed by atoms with Gasteiger partial charge >= 0.3 is 0 Å². The van der Waals surface area contributed by atoms with E-state index in [1.54, 1.807) is 26.4 Å². The van der Waals surface area contributed by atoms with E-state index in [0.29, 0.717) is 5.75 Å². The summed E-state index contributed by atoms with van der Waals surface area (Å²) in [6, 6.07) is 17.5. The zero-order valence-corrected chi connectivity index (χ0v) is 23.9. The second kappa shape index (κ2) is 15.7. The van der Waals surface area contributed by atoms with Gasteiger partial charge in [-0.15, -0.1) is 0 Å². The van der Waals surface area contributed by atoms with Crippen molar-refractivity contribution in [3.05, 3.63) is 86.9 Å². The molecule has 0 radical (unpaired) electrons. The van der Waals surface area contributed by atoms with Crippen molar-refractivity contribution in [1.29, 1.82) is 0 Å². The average molecular weight is 601 g/mol. The van der Waals surface area contributed by atoms with Crippen molar-refractivity contribution in [3.8, 4) is 17.2 Å². The summed E-state index contributed by atoms with van der Waals surface area (Å²) in [4.78, 5) is 4.68. The largest absolute Gasteiger partial charge is 0.497 e. The van der Waals surface area contributed by atoms with E-state index < -0.39 is 18.4 Å². The van der Waals surface area contributed by atoms with Crippen LogP contribution in [0.15, 0.2) is 65.8 Å². The van der Waals surface area contributed by atoms with Crippen molar-refractivity contribution >= 4 is 41.0 Å². The minimum absolute atomic E-state index is 0.0584. The van der Waals surface area contributed by atoms with Gasteiger partial charge in [-0.2, -0.15) is 0 Å². The minimum Gasteiger partial charge on any atom is -0.497 e. The smallest absolute Gasteiger partial charge is 0.168 e. The second-order valence-electron chi connectivity index (χ2n) is 8.22. The predicted molar refractivity (Wildman–Crippen MR) is 151 cm³/mol. The Hall–Kier alpha value is -2.75. The quantitative estimate of drug-likeness (QED) is 0.105. The van der Waals surface area contributed by atoms with Gasteiger partial charge in [0.1, 0.15) is 30.5 Å². The molecular formula is C28H29Cl3FNO6. The fourth-order valence-corrected chi connectivity index (χ4v) is 4.07. The van der Waals surface area contributed by atoms with Crippen molar-refractivity contribution in [1.82, 2.24) is 0 Å². The van der Waals surface area contributed by atoms with Crippen LogP contribution in [-0.4, -0.2) is 52.5 Å². The first-order valence-corrected chi connectivity index (χ1v) is 12.9. The number of hydrogen-bond donors (Lipinski definition) is 0. The predicted octanol–water partition coefficient (Wildman–Crippen LogP) is 7.18.